The number of nitrogens with two attached hydrogens (primary N) is 2. The number of phenols is 2. The van der Waals surface area contributed by atoms with Crippen LogP contribution in [0.15, 0.2) is 24.3 Å². The highest BCUT2D eigenvalue weighted by Crippen LogP contribution is 2.37. The summed E-state index contributed by atoms with van der Waals surface area (Å²) >= 11 is 0. The fraction of sp³-hybridized carbons (Fsp3) is 0.440. The molecule has 2 aliphatic rings. The van der Waals surface area contributed by atoms with Gasteiger partial charge in [-0.25, -0.2) is 9.59 Å². The summed E-state index contributed by atoms with van der Waals surface area (Å²) in [6, 6.07) is 6.19. The van der Waals surface area contributed by atoms with E-state index in [0.717, 1.165) is 0 Å². The summed E-state index contributed by atoms with van der Waals surface area (Å²) in [5.41, 5.74) is 12.9. The molecule has 0 aliphatic carbocycles. The van der Waals surface area contributed by atoms with Crippen LogP contribution in [-0.2, 0) is 35.0 Å². The largest absolute Gasteiger partial charge is 0.505 e. The van der Waals surface area contributed by atoms with Crippen molar-refractivity contribution in [2.24, 2.45) is 0 Å². The summed E-state index contributed by atoms with van der Waals surface area (Å²) < 4.78 is 31.2. The van der Waals surface area contributed by atoms with Gasteiger partial charge < -0.3 is 50.1 Å². The molecule has 12 nitrogen and oxygen atoms in total. The fourth-order valence-electron chi connectivity index (χ4n) is 3.42. The third-order valence-corrected chi connectivity index (χ3v) is 5.56. The molecule has 200 valence electrons. The summed E-state index contributed by atoms with van der Waals surface area (Å²) in [4.78, 5) is 22.9. The maximum Gasteiger partial charge on any atom is 0.337 e. The van der Waals surface area contributed by atoms with Crippen LogP contribution in [0.5, 0.6) is 23.0 Å². The zero-order valence-electron chi connectivity index (χ0n) is 20.1. The van der Waals surface area contributed by atoms with Crippen LogP contribution in [0, 0.1) is 0 Å². The Morgan fingerprint density at radius 1 is 0.757 bits per heavy atom. The number of anilines is 2. The summed E-state index contributed by atoms with van der Waals surface area (Å²) in [6.07, 6.45) is 0.125. The molecule has 0 bridgehead atoms. The standard InChI is InChI=1S/C25H30N2O10/c26-18-10-16(32-3-1-5-34-24(30)20-12-36-20)8-14(22(18)28)7-15-9-17(11-19(27)23(15)29)33-4-2-6-35-25(31)21-13-37-21/h8-11,20-21,28-29H,1-7,12-13,26-27H2. The SMILES string of the molecule is Nc1cc(OCCCOC(=O)C2CO2)cc(Cc2cc(OCCCOC(=O)C3CO3)cc(N)c2O)c1O. The Bertz CT molecular complexity index is 1040. The van der Waals surface area contributed by atoms with Gasteiger partial charge >= 0.3 is 11.9 Å². The third-order valence-electron chi connectivity index (χ3n) is 5.56. The van der Waals surface area contributed by atoms with Crippen molar-refractivity contribution >= 4 is 23.3 Å². The van der Waals surface area contributed by atoms with Gasteiger partial charge in [-0.3, -0.25) is 0 Å². The molecule has 0 spiro atoms. The minimum absolute atomic E-state index is 0.0957. The second-order valence-electron chi connectivity index (χ2n) is 8.60. The molecule has 0 amide bonds. The molecule has 2 aromatic carbocycles. The predicted octanol–water partition coefficient (Wildman–Crippen LogP) is 1.27. The van der Waals surface area contributed by atoms with Gasteiger partial charge in [0.25, 0.3) is 0 Å². The monoisotopic (exact) mass is 518 g/mol. The number of hydrogen-bond acceptors (Lipinski definition) is 12. The summed E-state index contributed by atoms with van der Waals surface area (Å²) in [5, 5.41) is 21.0. The Hall–Kier alpha value is -3.90. The zero-order chi connectivity index (χ0) is 26.4. The first-order chi connectivity index (χ1) is 17.8. The number of rotatable bonds is 14. The Kier molecular flexibility index (Phi) is 8.41. The number of phenolic OH excluding ortho intramolecular Hbond substituents is 2. The molecule has 0 saturated carbocycles. The van der Waals surface area contributed by atoms with Crippen molar-refractivity contribution < 1.29 is 48.2 Å². The molecule has 2 atom stereocenters. The van der Waals surface area contributed by atoms with E-state index in [1.807, 2.05) is 0 Å². The van der Waals surface area contributed by atoms with Gasteiger partial charge in [0.2, 0.25) is 0 Å². The number of benzene rings is 2. The van der Waals surface area contributed by atoms with Crippen molar-refractivity contribution in [1.82, 2.24) is 0 Å². The molecule has 2 unspecified atom stereocenters. The van der Waals surface area contributed by atoms with Gasteiger partial charge in [0, 0.05) is 42.5 Å². The van der Waals surface area contributed by atoms with E-state index in [9.17, 15) is 19.8 Å². The Labute approximate surface area is 212 Å². The average molecular weight is 519 g/mol. The van der Waals surface area contributed by atoms with Crippen LogP contribution in [0.1, 0.15) is 24.0 Å². The topological polar surface area (TPSA) is 189 Å². The van der Waals surface area contributed by atoms with Gasteiger partial charge in [0.15, 0.2) is 12.2 Å². The number of aromatic hydroxyl groups is 2. The molecule has 12 heteroatoms. The van der Waals surface area contributed by atoms with Gasteiger partial charge in [-0.1, -0.05) is 0 Å². The van der Waals surface area contributed by atoms with E-state index >= 15 is 0 Å². The first-order valence-corrected chi connectivity index (χ1v) is 11.9. The van der Waals surface area contributed by atoms with Crippen LogP contribution >= 0.6 is 0 Å². The Morgan fingerprint density at radius 2 is 1.16 bits per heavy atom. The maximum atomic E-state index is 11.5. The highest BCUT2D eigenvalue weighted by Gasteiger charge is 2.33. The highest BCUT2D eigenvalue weighted by molar-refractivity contribution is 5.77. The Balaban J connectivity index is 1.31. The first kappa shape index (κ1) is 26.2. The van der Waals surface area contributed by atoms with E-state index in [0.29, 0.717) is 48.7 Å². The van der Waals surface area contributed by atoms with Crippen molar-refractivity contribution in [3.05, 3.63) is 35.4 Å². The van der Waals surface area contributed by atoms with Crippen molar-refractivity contribution in [1.29, 1.82) is 0 Å². The smallest absolute Gasteiger partial charge is 0.337 e. The summed E-state index contributed by atoms with van der Waals surface area (Å²) in [5.74, 6) is -0.226. The van der Waals surface area contributed by atoms with Crippen molar-refractivity contribution in [3.63, 3.8) is 0 Å². The highest BCUT2D eigenvalue weighted by atomic mass is 16.6. The lowest BCUT2D eigenvalue weighted by Crippen LogP contribution is -2.14. The molecular formula is C25H30N2O10. The van der Waals surface area contributed by atoms with Gasteiger partial charge in [0.05, 0.1) is 51.0 Å². The second kappa shape index (κ2) is 11.9. The minimum Gasteiger partial charge on any atom is -0.505 e. The normalized spacial score (nSPS) is 17.6. The quantitative estimate of drug-likeness (QED) is 0.0923. The van der Waals surface area contributed by atoms with E-state index in [1.165, 1.54) is 12.1 Å². The van der Waals surface area contributed by atoms with Crippen molar-refractivity contribution in [2.45, 2.75) is 31.5 Å². The van der Waals surface area contributed by atoms with Crippen molar-refractivity contribution in [2.75, 3.05) is 51.1 Å². The predicted molar refractivity (Wildman–Crippen MR) is 129 cm³/mol. The number of ether oxygens (including phenoxy) is 6. The number of carbonyl (C=O) groups is 2. The molecule has 0 radical (unpaired) electrons. The maximum absolute atomic E-state index is 11.5. The molecule has 2 fully saturated rings. The zero-order valence-corrected chi connectivity index (χ0v) is 20.1. The van der Waals surface area contributed by atoms with E-state index in [1.54, 1.807) is 12.1 Å². The summed E-state index contributed by atoms with van der Waals surface area (Å²) in [6.45, 7) is 1.69. The van der Waals surface area contributed by atoms with Gasteiger partial charge in [-0.15, -0.1) is 0 Å². The second-order valence-corrected chi connectivity index (χ2v) is 8.60. The number of hydrogen-bond donors (Lipinski definition) is 4. The average Bonchev–Trinajstić information content (AvgIpc) is 3.77. The van der Waals surface area contributed by atoms with Crippen LogP contribution in [0.2, 0.25) is 0 Å². The molecule has 0 aromatic heterocycles. The molecular weight excluding hydrogens is 488 g/mol. The van der Waals surface area contributed by atoms with Gasteiger partial charge in [0.1, 0.15) is 23.0 Å². The van der Waals surface area contributed by atoms with Crippen LogP contribution < -0.4 is 20.9 Å². The Morgan fingerprint density at radius 3 is 1.54 bits per heavy atom. The molecule has 2 heterocycles. The van der Waals surface area contributed by atoms with Gasteiger partial charge in [-0.2, -0.15) is 0 Å². The van der Waals surface area contributed by atoms with Crippen LogP contribution in [0.4, 0.5) is 11.4 Å². The molecule has 2 aromatic rings. The molecule has 6 N–H and O–H groups in total. The van der Waals surface area contributed by atoms with Crippen LogP contribution in [0.3, 0.4) is 0 Å². The number of carbonyl (C=O) groups excluding carboxylic acids is 2. The van der Waals surface area contributed by atoms with E-state index in [2.05, 4.69) is 0 Å². The minimum atomic E-state index is -0.443. The van der Waals surface area contributed by atoms with Crippen molar-refractivity contribution in [3.8, 4) is 23.0 Å². The fourth-order valence-corrected chi connectivity index (χ4v) is 3.42. The first-order valence-electron chi connectivity index (χ1n) is 11.9. The molecule has 2 saturated heterocycles. The number of epoxide rings is 2. The summed E-state index contributed by atoms with van der Waals surface area (Å²) in [7, 11) is 0. The van der Waals surface area contributed by atoms with Gasteiger partial charge in [-0.05, 0) is 12.1 Å². The lowest BCUT2D eigenvalue weighted by molar-refractivity contribution is -0.146. The molecule has 4 rings (SSSR count). The molecule has 37 heavy (non-hydrogen) atoms. The third kappa shape index (κ3) is 7.54. The van der Waals surface area contributed by atoms with Crippen LogP contribution in [-0.4, -0.2) is 74.0 Å². The number of nitrogen functional groups attached to an aromatic ring is 2. The molecule has 2 aliphatic heterocycles. The van der Waals surface area contributed by atoms with E-state index in [4.69, 9.17) is 39.9 Å². The van der Waals surface area contributed by atoms with E-state index in [-0.39, 0.29) is 67.7 Å². The lowest BCUT2D eigenvalue weighted by atomic mass is 10.0. The lowest BCUT2D eigenvalue weighted by Gasteiger charge is -2.15. The number of esters is 2. The van der Waals surface area contributed by atoms with E-state index < -0.39 is 12.2 Å². The van der Waals surface area contributed by atoms with Crippen LogP contribution in [0.25, 0.3) is 0 Å².